The Bertz CT molecular complexity index is 3020. The maximum Gasteiger partial charge on any atom is 0.257 e. The topological polar surface area (TPSA) is 11.4 Å². The average molecular weight is 660 g/mol. The van der Waals surface area contributed by atoms with E-state index in [0.29, 0.717) is 0 Å². The molecule has 0 amide bonds. The highest BCUT2D eigenvalue weighted by atomic mass is 15.2. The molecule has 1 aromatic heterocycles. The van der Waals surface area contributed by atoms with Gasteiger partial charge in [-0.05, 0) is 98.6 Å². The molecule has 0 aliphatic carbocycles. The van der Waals surface area contributed by atoms with Crippen LogP contribution >= 0.6 is 0 Å². The normalized spacial score (nSPS) is 13.3. The van der Waals surface area contributed by atoms with Gasteiger partial charge in [-0.2, -0.15) is 0 Å². The van der Waals surface area contributed by atoms with Crippen molar-refractivity contribution in [1.82, 2.24) is 4.57 Å². The van der Waals surface area contributed by atoms with Gasteiger partial charge < -0.3 is 14.4 Å². The van der Waals surface area contributed by atoms with Crippen LogP contribution in [-0.4, -0.2) is 11.3 Å². The summed E-state index contributed by atoms with van der Waals surface area (Å²) in [5.41, 5.74) is 15.0. The van der Waals surface area contributed by atoms with Gasteiger partial charge in [0.05, 0.1) is 11.0 Å². The molecule has 240 valence electrons. The lowest BCUT2D eigenvalue weighted by Gasteiger charge is -2.46. The van der Waals surface area contributed by atoms with E-state index in [1.165, 1.54) is 88.2 Å². The summed E-state index contributed by atoms with van der Waals surface area (Å²) in [5.74, 6) is 0. The Balaban J connectivity index is 1.40. The second-order valence-corrected chi connectivity index (χ2v) is 14.0. The fourth-order valence-corrected chi connectivity index (χ4v) is 9.56. The van der Waals surface area contributed by atoms with Crippen LogP contribution < -0.4 is 26.2 Å². The third kappa shape index (κ3) is 3.56. The lowest BCUT2D eigenvalue weighted by Crippen LogP contribution is -2.64. The van der Waals surface area contributed by atoms with Gasteiger partial charge in [0.15, 0.2) is 0 Å². The molecule has 0 unspecified atom stereocenters. The van der Waals surface area contributed by atoms with E-state index >= 15 is 0 Å². The monoisotopic (exact) mass is 659 g/mol. The van der Waals surface area contributed by atoms with E-state index in [4.69, 9.17) is 0 Å². The van der Waals surface area contributed by atoms with Gasteiger partial charge in [0.25, 0.3) is 6.71 Å². The van der Waals surface area contributed by atoms with Crippen molar-refractivity contribution in [3.8, 4) is 5.69 Å². The van der Waals surface area contributed by atoms with Gasteiger partial charge in [0, 0.05) is 50.6 Å². The van der Waals surface area contributed by atoms with Crippen molar-refractivity contribution in [2.75, 3.05) is 9.80 Å². The number of para-hydroxylation sites is 3. The van der Waals surface area contributed by atoms with Crippen molar-refractivity contribution in [2.24, 2.45) is 0 Å². The van der Waals surface area contributed by atoms with Crippen LogP contribution in [0.25, 0.3) is 49.0 Å². The van der Waals surface area contributed by atoms with Gasteiger partial charge in [0.1, 0.15) is 0 Å². The minimum atomic E-state index is 0.0426. The Labute approximate surface area is 301 Å². The molecule has 3 aliphatic heterocycles. The summed E-state index contributed by atoms with van der Waals surface area (Å²) in [4.78, 5) is 4.99. The van der Waals surface area contributed by atoms with Crippen LogP contribution in [-0.2, 0) is 0 Å². The number of aromatic nitrogens is 1. The first kappa shape index (κ1) is 28.0. The summed E-state index contributed by atoms with van der Waals surface area (Å²) in [6.07, 6.45) is 0. The molecule has 4 heterocycles. The largest absolute Gasteiger partial charge is 0.311 e. The maximum absolute atomic E-state index is 2.60. The van der Waals surface area contributed by atoms with Crippen molar-refractivity contribution in [1.29, 1.82) is 0 Å². The Kier molecular flexibility index (Phi) is 5.58. The van der Waals surface area contributed by atoms with Crippen LogP contribution in [0.3, 0.4) is 0 Å². The zero-order valence-electron chi connectivity index (χ0n) is 28.2. The highest BCUT2D eigenvalue weighted by molar-refractivity contribution is 7.02. The average Bonchev–Trinajstić information content (AvgIpc) is 3.26. The molecular formula is C48H30BN3. The van der Waals surface area contributed by atoms with Crippen molar-refractivity contribution in [3.05, 3.63) is 182 Å². The van der Waals surface area contributed by atoms with Crippen molar-refractivity contribution < 1.29 is 0 Å². The first-order valence-electron chi connectivity index (χ1n) is 18.1. The lowest BCUT2D eigenvalue weighted by molar-refractivity contribution is 1.16. The molecule has 12 rings (SSSR count). The molecule has 0 spiro atoms. The molecule has 8 aromatic carbocycles. The summed E-state index contributed by atoms with van der Waals surface area (Å²) in [6.45, 7) is 0.0426. The number of benzene rings is 8. The Hall–Kier alpha value is -6.78. The lowest BCUT2D eigenvalue weighted by atomic mass is 9.32. The number of anilines is 6. The molecule has 0 saturated heterocycles. The second kappa shape index (κ2) is 10.4. The molecule has 0 atom stereocenters. The summed E-state index contributed by atoms with van der Waals surface area (Å²) in [5, 5.41) is 7.46. The second-order valence-electron chi connectivity index (χ2n) is 14.0. The quantitative estimate of drug-likeness (QED) is 0.171. The van der Waals surface area contributed by atoms with E-state index in [9.17, 15) is 0 Å². The van der Waals surface area contributed by atoms with E-state index in [1.54, 1.807) is 0 Å². The molecule has 52 heavy (non-hydrogen) atoms. The third-order valence-electron chi connectivity index (χ3n) is 11.5. The molecule has 0 saturated carbocycles. The molecule has 3 nitrogen and oxygen atoms in total. The third-order valence-corrected chi connectivity index (χ3v) is 11.5. The Morgan fingerprint density at radius 2 is 0.712 bits per heavy atom. The van der Waals surface area contributed by atoms with Crippen molar-refractivity contribution in [3.63, 3.8) is 0 Å². The molecule has 0 fully saturated rings. The van der Waals surface area contributed by atoms with Crippen LogP contribution in [0.5, 0.6) is 0 Å². The standard InChI is InChI=1S/C48H30BN3/c1-3-15-31(16-4-1)50-40-25-13-26-41-45(40)49-46-42(50)27-14-28-43(46)52-39-24-12-11-23-37(39)35-21-9-7-19-33(35)34-20-8-10-22-36(34)38-29-30-44(47(49)48(38)52)51(41)32-17-5-2-6-18-32/h1-30H. The van der Waals surface area contributed by atoms with Gasteiger partial charge in [-0.3, -0.25) is 0 Å². The number of hydrogen-bond donors (Lipinski definition) is 0. The predicted octanol–water partition coefficient (Wildman–Crippen LogP) is 10.6. The summed E-state index contributed by atoms with van der Waals surface area (Å²) < 4.78 is 2.60. The van der Waals surface area contributed by atoms with Crippen LogP contribution in [0.1, 0.15) is 0 Å². The van der Waals surface area contributed by atoms with Crippen LogP contribution in [0.2, 0.25) is 0 Å². The fraction of sp³-hybridized carbons (Fsp3) is 0. The van der Waals surface area contributed by atoms with E-state index in [-0.39, 0.29) is 6.71 Å². The first-order valence-corrected chi connectivity index (χ1v) is 18.1. The minimum Gasteiger partial charge on any atom is -0.311 e. The van der Waals surface area contributed by atoms with Gasteiger partial charge in [0.2, 0.25) is 0 Å². The molecule has 3 aliphatic rings. The summed E-state index contributed by atoms with van der Waals surface area (Å²) in [7, 11) is 0. The van der Waals surface area contributed by atoms with E-state index in [1.807, 2.05) is 0 Å². The molecule has 0 bridgehead atoms. The highest BCUT2D eigenvalue weighted by Crippen LogP contribution is 2.47. The van der Waals surface area contributed by atoms with Crippen molar-refractivity contribution in [2.45, 2.75) is 0 Å². The molecule has 0 N–H and O–H groups in total. The number of nitrogens with zero attached hydrogens (tertiary/aromatic N) is 3. The van der Waals surface area contributed by atoms with Crippen LogP contribution in [0.15, 0.2) is 182 Å². The van der Waals surface area contributed by atoms with Crippen LogP contribution in [0.4, 0.5) is 34.1 Å². The SMILES string of the molecule is c1ccc(N2c3cccc4c3B3c5c2cccc5-n2c5ccccc5c5ccccc5c5ccccc5c5ccc(c3c52)N4c2ccccc2)cc1. The maximum atomic E-state index is 2.60. The summed E-state index contributed by atoms with van der Waals surface area (Å²) >= 11 is 0. The Morgan fingerprint density at radius 1 is 0.288 bits per heavy atom. The molecular weight excluding hydrogens is 629 g/mol. The molecule has 9 aromatic rings. The molecule has 4 heteroatoms. The first-order chi connectivity index (χ1) is 25.9. The van der Waals surface area contributed by atoms with Gasteiger partial charge in [-0.15, -0.1) is 0 Å². The molecule has 0 radical (unpaired) electrons. The fourth-order valence-electron chi connectivity index (χ4n) is 9.56. The minimum absolute atomic E-state index is 0.0426. The van der Waals surface area contributed by atoms with Crippen molar-refractivity contribution >= 4 is 101 Å². The zero-order valence-corrected chi connectivity index (χ0v) is 28.2. The van der Waals surface area contributed by atoms with E-state index in [2.05, 4.69) is 196 Å². The summed E-state index contributed by atoms with van der Waals surface area (Å²) in [6, 6.07) is 67.3. The number of hydrogen-bond acceptors (Lipinski definition) is 2. The smallest absolute Gasteiger partial charge is 0.257 e. The van der Waals surface area contributed by atoms with Gasteiger partial charge in [-0.1, -0.05) is 121 Å². The van der Waals surface area contributed by atoms with Gasteiger partial charge in [-0.25, -0.2) is 0 Å². The number of fused-ring (bicyclic) bond motifs is 8. The highest BCUT2D eigenvalue weighted by Gasteiger charge is 2.47. The predicted molar refractivity (Wildman–Crippen MR) is 221 cm³/mol. The zero-order chi connectivity index (χ0) is 33.9. The number of rotatable bonds is 2. The Morgan fingerprint density at radius 3 is 1.29 bits per heavy atom. The van der Waals surface area contributed by atoms with E-state index < -0.39 is 0 Å². The van der Waals surface area contributed by atoms with Crippen LogP contribution in [0, 0.1) is 0 Å². The van der Waals surface area contributed by atoms with Gasteiger partial charge >= 0.3 is 0 Å². The van der Waals surface area contributed by atoms with E-state index in [0.717, 1.165) is 11.4 Å².